The highest BCUT2D eigenvalue weighted by molar-refractivity contribution is 5.29. The summed E-state index contributed by atoms with van der Waals surface area (Å²) < 4.78 is 5.71. The van der Waals surface area contributed by atoms with E-state index in [1.807, 2.05) is 24.3 Å². The Bertz CT molecular complexity index is 324. The van der Waals surface area contributed by atoms with Gasteiger partial charge in [0.25, 0.3) is 0 Å². The Morgan fingerprint density at radius 1 is 1.00 bits per heavy atom. The number of unbranched alkanes of at least 4 members (excludes halogenated alkanes) is 5. The zero-order valence-electron chi connectivity index (χ0n) is 12.1. The molecule has 0 saturated heterocycles. The smallest absolute Gasteiger partial charge is 0.119 e. The van der Waals surface area contributed by atoms with Crippen LogP contribution >= 0.6 is 0 Å². The molecule has 0 saturated carbocycles. The molecule has 0 aliphatic heterocycles. The summed E-state index contributed by atoms with van der Waals surface area (Å²) in [5.74, 6) is 0.918. The van der Waals surface area contributed by atoms with Crippen LogP contribution < -0.4 is 16.2 Å². The second-order valence-electron chi connectivity index (χ2n) is 5.03. The Hall–Kier alpha value is -1.06. The molecule has 0 spiro atoms. The fraction of sp³-hybridized carbons (Fsp3) is 0.625. The fourth-order valence-corrected chi connectivity index (χ4v) is 2.02. The molecule has 0 radical (unpaired) electrons. The molecule has 0 amide bonds. The van der Waals surface area contributed by atoms with Gasteiger partial charge in [-0.25, -0.2) is 0 Å². The van der Waals surface area contributed by atoms with Crippen LogP contribution in [0, 0.1) is 0 Å². The molecule has 1 rings (SSSR count). The van der Waals surface area contributed by atoms with Crippen molar-refractivity contribution in [3.05, 3.63) is 29.8 Å². The number of ether oxygens (including phenoxy) is 1. The van der Waals surface area contributed by atoms with Gasteiger partial charge < -0.3 is 16.2 Å². The number of nitrogens with two attached hydrogens (primary N) is 2. The number of benzene rings is 1. The first-order chi connectivity index (χ1) is 9.27. The predicted molar refractivity (Wildman–Crippen MR) is 81.3 cm³/mol. The van der Waals surface area contributed by atoms with Gasteiger partial charge in [0.2, 0.25) is 0 Å². The first-order valence-electron chi connectivity index (χ1n) is 7.46. The van der Waals surface area contributed by atoms with Gasteiger partial charge in [0.15, 0.2) is 0 Å². The summed E-state index contributed by atoms with van der Waals surface area (Å²) in [4.78, 5) is 0. The molecule has 0 aromatic heterocycles. The summed E-state index contributed by atoms with van der Waals surface area (Å²) in [5, 5.41) is 0. The molecule has 108 valence electrons. The van der Waals surface area contributed by atoms with Gasteiger partial charge in [0.05, 0.1) is 6.61 Å². The number of hydrogen-bond acceptors (Lipinski definition) is 3. The third-order valence-corrected chi connectivity index (χ3v) is 3.33. The average molecular weight is 264 g/mol. The van der Waals surface area contributed by atoms with Gasteiger partial charge in [-0.2, -0.15) is 0 Å². The van der Waals surface area contributed by atoms with Gasteiger partial charge in [0.1, 0.15) is 5.75 Å². The zero-order valence-corrected chi connectivity index (χ0v) is 12.1. The third kappa shape index (κ3) is 6.60. The molecule has 4 N–H and O–H groups in total. The van der Waals surface area contributed by atoms with E-state index in [1.54, 1.807) is 0 Å². The maximum absolute atomic E-state index is 5.86. The van der Waals surface area contributed by atoms with Crippen molar-refractivity contribution < 1.29 is 4.74 Å². The van der Waals surface area contributed by atoms with Gasteiger partial charge in [-0.15, -0.1) is 0 Å². The Morgan fingerprint density at radius 2 is 1.63 bits per heavy atom. The van der Waals surface area contributed by atoms with Crippen molar-refractivity contribution >= 4 is 0 Å². The van der Waals surface area contributed by atoms with Crippen LogP contribution in [0.5, 0.6) is 5.75 Å². The minimum absolute atomic E-state index is 0.0763. The van der Waals surface area contributed by atoms with E-state index in [-0.39, 0.29) is 6.04 Å². The topological polar surface area (TPSA) is 61.3 Å². The highest BCUT2D eigenvalue weighted by Gasteiger charge is 2.03. The highest BCUT2D eigenvalue weighted by Crippen LogP contribution is 2.16. The fourth-order valence-electron chi connectivity index (χ4n) is 2.02. The van der Waals surface area contributed by atoms with Gasteiger partial charge in [-0.3, -0.25) is 0 Å². The summed E-state index contributed by atoms with van der Waals surface area (Å²) in [5.41, 5.74) is 12.5. The second-order valence-corrected chi connectivity index (χ2v) is 5.03. The van der Waals surface area contributed by atoms with Crippen LogP contribution in [0.4, 0.5) is 0 Å². The molecule has 1 aromatic rings. The maximum Gasteiger partial charge on any atom is 0.119 e. The van der Waals surface area contributed by atoms with Crippen molar-refractivity contribution in [3.8, 4) is 5.75 Å². The maximum atomic E-state index is 5.86. The Balaban J connectivity index is 2.16. The second kappa shape index (κ2) is 9.82. The van der Waals surface area contributed by atoms with E-state index >= 15 is 0 Å². The lowest BCUT2D eigenvalue weighted by Crippen LogP contribution is -2.20. The van der Waals surface area contributed by atoms with Crippen LogP contribution in [0.25, 0.3) is 0 Å². The molecular formula is C16H28N2O. The average Bonchev–Trinajstić information content (AvgIpc) is 2.46. The molecule has 0 fully saturated rings. The Labute approximate surface area is 117 Å². The van der Waals surface area contributed by atoms with Crippen LogP contribution in [0.3, 0.4) is 0 Å². The summed E-state index contributed by atoms with van der Waals surface area (Å²) in [6.07, 6.45) is 7.71. The van der Waals surface area contributed by atoms with Crippen molar-refractivity contribution in [2.75, 3.05) is 13.2 Å². The summed E-state index contributed by atoms with van der Waals surface area (Å²) >= 11 is 0. The van der Waals surface area contributed by atoms with Crippen LogP contribution in [-0.2, 0) is 0 Å². The molecule has 0 aliphatic carbocycles. The van der Waals surface area contributed by atoms with Crippen LogP contribution in [0.2, 0.25) is 0 Å². The third-order valence-electron chi connectivity index (χ3n) is 3.33. The van der Waals surface area contributed by atoms with Crippen molar-refractivity contribution in [3.63, 3.8) is 0 Å². The molecule has 3 heteroatoms. The van der Waals surface area contributed by atoms with Crippen LogP contribution in [0.15, 0.2) is 24.3 Å². The first kappa shape index (κ1) is 16.0. The minimum atomic E-state index is -0.0763. The van der Waals surface area contributed by atoms with Gasteiger partial charge in [-0.1, -0.05) is 51.2 Å². The lowest BCUT2D eigenvalue weighted by Gasteiger charge is -2.10. The van der Waals surface area contributed by atoms with Crippen molar-refractivity contribution in [2.45, 2.75) is 51.5 Å². The molecule has 1 unspecified atom stereocenters. The summed E-state index contributed by atoms with van der Waals surface area (Å²) in [7, 11) is 0. The monoisotopic (exact) mass is 264 g/mol. The van der Waals surface area contributed by atoms with E-state index in [2.05, 4.69) is 6.92 Å². The predicted octanol–water partition coefficient (Wildman–Crippen LogP) is 3.38. The zero-order chi connectivity index (χ0) is 13.9. The SMILES string of the molecule is CCCCCCCCOc1ccc(C(N)CN)cc1. The summed E-state index contributed by atoms with van der Waals surface area (Å²) in [6, 6.07) is 7.86. The van der Waals surface area contributed by atoms with E-state index in [9.17, 15) is 0 Å². The molecule has 3 nitrogen and oxygen atoms in total. The van der Waals surface area contributed by atoms with E-state index in [4.69, 9.17) is 16.2 Å². The lowest BCUT2D eigenvalue weighted by molar-refractivity contribution is 0.304. The first-order valence-corrected chi connectivity index (χ1v) is 7.46. The molecule has 1 atom stereocenters. The van der Waals surface area contributed by atoms with Crippen molar-refractivity contribution in [1.29, 1.82) is 0 Å². The highest BCUT2D eigenvalue weighted by atomic mass is 16.5. The molecule has 19 heavy (non-hydrogen) atoms. The largest absolute Gasteiger partial charge is 0.494 e. The lowest BCUT2D eigenvalue weighted by atomic mass is 10.1. The van der Waals surface area contributed by atoms with Crippen LogP contribution in [0.1, 0.15) is 57.1 Å². The standard InChI is InChI=1S/C16H28N2O/c1-2-3-4-5-6-7-12-19-15-10-8-14(9-11-15)16(18)13-17/h8-11,16H,2-7,12-13,17-18H2,1H3. The van der Waals surface area contributed by atoms with Gasteiger partial charge >= 0.3 is 0 Å². The molecule has 0 aliphatic rings. The molecule has 1 aromatic carbocycles. The Morgan fingerprint density at radius 3 is 2.26 bits per heavy atom. The summed E-state index contributed by atoms with van der Waals surface area (Å²) in [6.45, 7) is 3.51. The van der Waals surface area contributed by atoms with E-state index < -0.39 is 0 Å². The van der Waals surface area contributed by atoms with Gasteiger partial charge in [-0.05, 0) is 24.1 Å². The Kier molecular flexibility index (Phi) is 8.26. The minimum Gasteiger partial charge on any atom is -0.494 e. The number of rotatable bonds is 10. The van der Waals surface area contributed by atoms with Gasteiger partial charge in [0, 0.05) is 12.6 Å². The van der Waals surface area contributed by atoms with E-state index in [1.165, 1.54) is 32.1 Å². The number of hydrogen-bond donors (Lipinski definition) is 2. The molecular weight excluding hydrogens is 236 g/mol. The van der Waals surface area contributed by atoms with Crippen LogP contribution in [-0.4, -0.2) is 13.2 Å². The van der Waals surface area contributed by atoms with E-state index in [0.29, 0.717) is 6.54 Å². The van der Waals surface area contributed by atoms with E-state index in [0.717, 1.165) is 24.3 Å². The molecule has 0 bridgehead atoms. The van der Waals surface area contributed by atoms with Crippen molar-refractivity contribution in [1.82, 2.24) is 0 Å². The normalized spacial score (nSPS) is 12.4. The quantitative estimate of drug-likeness (QED) is 0.637. The molecule has 0 heterocycles. The van der Waals surface area contributed by atoms with Crippen molar-refractivity contribution in [2.24, 2.45) is 11.5 Å².